The summed E-state index contributed by atoms with van der Waals surface area (Å²) >= 11 is 0. The summed E-state index contributed by atoms with van der Waals surface area (Å²) in [7, 11) is 5.34. The topological polar surface area (TPSA) is 45.6 Å². The molecule has 0 radical (unpaired) electrons. The summed E-state index contributed by atoms with van der Waals surface area (Å²) in [5, 5.41) is 8.96. The van der Waals surface area contributed by atoms with Gasteiger partial charge in [-0.1, -0.05) is 0 Å². The zero-order valence-electron chi connectivity index (χ0n) is 8.11. The lowest BCUT2D eigenvalue weighted by Gasteiger charge is -2.13. The fraction of sp³-hybridized carbons (Fsp3) is 0.444. The van der Waals surface area contributed by atoms with Gasteiger partial charge in [0.05, 0.1) is 13.7 Å². The molecule has 13 heavy (non-hydrogen) atoms. The lowest BCUT2D eigenvalue weighted by molar-refractivity contribution is 0.280. The first kappa shape index (κ1) is 9.80. The molecule has 1 N–H and O–H groups in total. The Morgan fingerprint density at radius 3 is 2.62 bits per heavy atom. The summed E-state index contributed by atoms with van der Waals surface area (Å²) in [6.45, 7) is -0.000278. The number of hydrogen-bond acceptors (Lipinski definition) is 4. The van der Waals surface area contributed by atoms with Crippen LogP contribution in [-0.2, 0) is 6.61 Å². The molecule has 0 amide bonds. The first-order chi connectivity index (χ1) is 6.17. The van der Waals surface area contributed by atoms with Gasteiger partial charge < -0.3 is 14.7 Å². The summed E-state index contributed by atoms with van der Waals surface area (Å²) < 4.78 is 5.00. The average Bonchev–Trinajstić information content (AvgIpc) is 2.16. The normalized spacial score (nSPS) is 9.85. The van der Waals surface area contributed by atoms with Crippen LogP contribution in [0.5, 0.6) is 5.88 Å². The van der Waals surface area contributed by atoms with Crippen LogP contribution >= 0.6 is 0 Å². The first-order valence-electron chi connectivity index (χ1n) is 4.00. The van der Waals surface area contributed by atoms with E-state index in [4.69, 9.17) is 9.84 Å². The lowest BCUT2D eigenvalue weighted by atomic mass is 10.2. The van der Waals surface area contributed by atoms with Gasteiger partial charge >= 0.3 is 0 Å². The average molecular weight is 182 g/mol. The van der Waals surface area contributed by atoms with Crippen LogP contribution < -0.4 is 9.64 Å². The van der Waals surface area contributed by atoms with Gasteiger partial charge in [-0.3, -0.25) is 0 Å². The highest BCUT2D eigenvalue weighted by Crippen LogP contribution is 2.17. The van der Waals surface area contributed by atoms with Gasteiger partial charge in [-0.2, -0.15) is 4.98 Å². The Kier molecular flexibility index (Phi) is 3.08. The second-order valence-corrected chi connectivity index (χ2v) is 2.93. The molecule has 0 spiro atoms. The second-order valence-electron chi connectivity index (χ2n) is 2.93. The van der Waals surface area contributed by atoms with Crippen molar-refractivity contribution in [3.63, 3.8) is 0 Å². The second kappa shape index (κ2) is 4.09. The number of aromatic nitrogens is 1. The van der Waals surface area contributed by atoms with Crippen molar-refractivity contribution >= 4 is 5.82 Å². The number of rotatable bonds is 3. The lowest BCUT2D eigenvalue weighted by Crippen LogP contribution is -2.11. The number of ether oxygens (including phenoxy) is 1. The van der Waals surface area contributed by atoms with Gasteiger partial charge in [0.15, 0.2) is 0 Å². The van der Waals surface area contributed by atoms with Crippen LogP contribution in [0, 0.1) is 0 Å². The highest BCUT2D eigenvalue weighted by Gasteiger charge is 2.03. The van der Waals surface area contributed by atoms with Gasteiger partial charge in [0.2, 0.25) is 5.88 Å². The van der Waals surface area contributed by atoms with E-state index in [1.165, 1.54) is 0 Å². The maximum atomic E-state index is 8.96. The van der Waals surface area contributed by atoms with E-state index in [0.29, 0.717) is 5.88 Å². The Morgan fingerprint density at radius 2 is 2.15 bits per heavy atom. The maximum absolute atomic E-state index is 8.96. The van der Waals surface area contributed by atoms with Gasteiger partial charge in [0.1, 0.15) is 5.82 Å². The summed E-state index contributed by atoms with van der Waals surface area (Å²) in [6, 6.07) is 3.54. The van der Waals surface area contributed by atoms with Crippen molar-refractivity contribution in [1.82, 2.24) is 4.98 Å². The van der Waals surface area contributed by atoms with Crippen molar-refractivity contribution in [1.29, 1.82) is 0 Å². The molecule has 1 heterocycles. The number of pyridine rings is 1. The van der Waals surface area contributed by atoms with Crippen molar-refractivity contribution in [2.75, 3.05) is 26.1 Å². The Bertz CT molecular complexity index is 265. The molecule has 0 aliphatic heterocycles. The molecule has 0 unspecified atom stereocenters. The minimum atomic E-state index is -0.000278. The molecule has 0 atom stereocenters. The minimum Gasteiger partial charge on any atom is -0.481 e. The molecule has 0 aromatic carbocycles. The van der Waals surface area contributed by atoms with Gasteiger partial charge in [-0.05, 0) is 11.6 Å². The zero-order valence-corrected chi connectivity index (χ0v) is 8.11. The molecule has 0 saturated heterocycles. The van der Waals surface area contributed by atoms with Crippen LogP contribution in [0.25, 0.3) is 0 Å². The standard InChI is InChI=1S/C9H14N2O2/c1-11(2)8-4-7(6-12)5-9(10-8)13-3/h4-5,12H,6H2,1-3H3. The van der Waals surface area contributed by atoms with E-state index in [2.05, 4.69) is 4.98 Å². The minimum absolute atomic E-state index is 0.000278. The molecular weight excluding hydrogens is 168 g/mol. The van der Waals surface area contributed by atoms with Crippen LogP contribution in [-0.4, -0.2) is 31.3 Å². The summed E-state index contributed by atoms with van der Waals surface area (Å²) in [5.41, 5.74) is 0.801. The van der Waals surface area contributed by atoms with Gasteiger partial charge in [-0.15, -0.1) is 0 Å². The number of aliphatic hydroxyl groups excluding tert-OH is 1. The molecule has 1 rings (SSSR count). The van der Waals surface area contributed by atoms with E-state index in [9.17, 15) is 0 Å². The van der Waals surface area contributed by atoms with Crippen LogP contribution in [0.4, 0.5) is 5.82 Å². The number of nitrogens with zero attached hydrogens (tertiary/aromatic N) is 2. The molecule has 0 aliphatic carbocycles. The predicted octanol–water partition coefficient (Wildman–Crippen LogP) is 0.648. The smallest absolute Gasteiger partial charge is 0.215 e. The third kappa shape index (κ3) is 2.32. The van der Waals surface area contributed by atoms with E-state index in [1.54, 1.807) is 13.2 Å². The van der Waals surface area contributed by atoms with Gasteiger partial charge in [0, 0.05) is 20.2 Å². The van der Waals surface area contributed by atoms with E-state index >= 15 is 0 Å². The maximum Gasteiger partial charge on any atom is 0.215 e. The molecule has 4 nitrogen and oxygen atoms in total. The molecule has 0 fully saturated rings. The van der Waals surface area contributed by atoms with Crippen LogP contribution in [0.2, 0.25) is 0 Å². The third-order valence-corrected chi connectivity index (χ3v) is 1.70. The van der Waals surface area contributed by atoms with Crippen LogP contribution in [0.3, 0.4) is 0 Å². The Morgan fingerprint density at radius 1 is 1.46 bits per heavy atom. The van der Waals surface area contributed by atoms with Gasteiger partial charge in [-0.25, -0.2) is 0 Å². The van der Waals surface area contributed by atoms with Crippen molar-refractivity contribution in [2.24, 2.45) is 0 Å². The molecule has 0 saturated carbocycles. The molecule has 4 heteroatoms. The molecule has 72 valence electrons. The highest BCUT2D eigenvalue weighted by molar-refractivity contribution is 5.42. The molecule has 0 bridgehead atoms. The van der Waals surface area contributed by atoms with E-state index < -0.39 is 0 Å². The van der Waals surface area contributed by atoms with Crippen molar-refractivity contribution in [2.45, 2.75) is 6.61 Å². The monoisotopic (exact) mass is 182 g/mol. The number of anilines is 1. The number of methoxy groups -OCH3 is 1. The van der Waals surface area contributed by atoms with Gasteiger partial charge in [0.25, 0.3) is 0 Å². The summed E-state index contributed by atoms with van der Waals surface area (Å²) in [4.78, 5) is 6.05. The van der Waals surface area contributed by atoms with Crippen molar-refractivity contribution in [3.05, 3.63) is 17.7 Å². The number of aliphatic hydroxyl groups is 1. The van der Waals surface area contributed by atoms with E-state index in [-0.39, 0.29) is 6.61 Å². The zero-order chi connectivity index (χ0) is 9.84. The SMILES string of the molecule is COc1cc(CO)cc(N(C)C)n1. The summed E-state index contributed by atoms with van der Waals surface area (Å²) in [5.74, 6) is 1.30. The van der Waals surface area contributed by atoms with E-state index in [1.807, 2.05) is 25.1 Å². The van der Waals surface area contributed by atoms with Crippen LogP contribution in [0.15, 0.2) is 12.1 Å². The fourth-order valence-corrected chi connectivity index (χ4v) is 0.968. The fourth-order valence-electron chi connectivity index (χ4n) is 0.968. The Labute approximate surface area is 77.8 Å². The number of hydrogen-bond donors (Lipinski definition) is 1. The third-order valence-electron chi connectivity index (χ3n) is 1.70. The Balaban J connectivity index is 3.07. The largest absolute Gasteiger partial charge is 0.481 e. The summed E-state index contributed by atoms with van der Waals surface area (Å²) in [6.07, 6.45) is 0. The molecular formula is C9H14N2O2. The molecule has 1 aromatic heterocycles. The highest BCUT2D eigenvalue weighted by atomic mass is 16.5. The van der Waals surface area contributed by atoms with Crippen molar-refractivity contribution < 1.29 is 9.84 Å². The molecule has 1 aromatic rings. The first-order valence-corrected chi connectivity index (χ1v) is 4.00. The quantitative estimate of drug-likeness (QED) is 0.745. The predicted molar refractivity (Wildman–Crippen MR) is 51.0 cm³/mol. The van der Waals surface area contributed by atoms with Crippen molar-refractivity contribution in [3.8, 4) is 5.88 Å². The van der Waals surface area contributed by atoms with Crippen LogP contribution in [0.1, 0.15) is 5.56 Å². The Hall–Kier alpha value is -1.29. The molecule has 0 aliphatic rings. The van der Waals surface area contributed by atoms with E-state index in [0.717, 1.165) is 11.4 Å².